The number of aliphatic hydroxyl groups excluding tert-OH is 1. The van der Waals surface area contributed by atoms with Crippen molar-refractivity contribution in [1.82, 2.24) is 5.32 Å². The predicted molar refractivity (Wildman–Crippen MR) is 85.9 cm³/mol. The molecule has 0 spiro atoms. The Labute approximate surface area is 141 Å². The molecule has 6 heteroatoms. The molecule has 4 nitrogen and oxygen atoms in total. The molecule has 134 valence electrons. The van der Waals surface area contributed by atoms with Crippen molar-refractivity contribution >= 4 is 0 Å². The third-order valence-electron chi connectivity index (χ3n) is 5.24. The van der Waals surface area contributed by atoms with Crippen molar-refractivity contribution in [2.45, 2.75) is 44.9 Å². The fraction of sp³-hybridized carbons (Fsp3) is 0.667. The van der Waals surface area contributed by atoms with Crippen LogP contribution in [0.3, 0.4) is 0 Å². The Hall–Kier alpha value is -1.24. The van der Waals surface area contributed by atoms with Crippen LogP contribution in [0.5, 0.6) is 5.75 Å². The molecule has 1 aromatic rings. The van der Waals surface area contributed by atoms with Gasteiger partial charge in [-0.15, -0.1) is 0 Å². The van der Waals surface area contributed by atoms with Crippen LogP contribution in [-0.4, -0.2) is 43.1 Å². The zero-order valence-corrected chi connectivity index (χ0v) is 14.1. The molecule has 0 amide bonds. The summed E-state index contributed by atoms with van der Waals surface area (Å²) >= 11 is 0. The van der Waals surface area contributed by atoms with Crippen molar-refractivity contribution in [1.29, 1.82) is 0 Å². The number of halogens is 2. The summed E-state index contributed by atoms with van der Waals surface area (Å²) in [6, 6.07) is 3.64. The molecule has 0 aromatic heterocycles. The largest absolute Gasteiger partial charge is 0.491 e. The lowest BCUT2D eigenvalue weighted by Crippen LogP contribution is -2.69. The third-order valence-corrected chi connectivity index (χ3v) is 5.24. The van der Waals surface area contributed by atoms with Gasteiger partial charge >= 0.3 is 0 Å². The molecule has 0 unspecified atom stereocenters. The molecule has 1 aliphatic heterocycles. The Morgan fingerprint density at radius 1 is 1.38 bits per heavy atom. The standard InChI is InChI=1S/C18H25F2NO3/c1-18(2)16(13-4-3-7-23-17(13)18)21-9-11(22)10-24-12-5-6-14(19)15(20)8-12/h5-6,8,11,13,16-17,21-22H,3-4,7,9-10H2,1-2H3/t11-,13+,16+,17+/m0/s1. The summed E-state index contributed by atoms with van der Waals surface area (Å²) in [6.07, 6.45) is 1.79. The van der Waals surface area contributed by atoms with E-state index in [9.17, 15) is 13.9 Å². The first-order chi connectivity index (χ1) is 11.4. The van der Waals surface area contributed by atoms with Crippen LogP contribution in [-0.2, 0) is 4.74 Å². The van der Waals surface area contributed by atoms with Crippen molar-refractivity contribution in [2.24, 2.45) is 11.3 Å². The Bertz CT molecular complexity index is 581. The summed E-state index contributed by atoms with van der Waals surface area (Å²) in [7, 11) is 0. The summed E-state index contributed by atoms with van der Waals surface area (Å²) in [5, 5.41) is 13.5. The summed E-state index contributed by atoms with van der Waals surface area (Å²) < 4.78 is 37.2. The second-order valence-electron chi connectivity index (χ2n) is 7.35. The smallest absolute Gasteiger partial charge is 0.162 e. The molecule has 1 heterocycles. The van der Waals surface area contributed by atoms with Crippen LogP contribution in [0.4, 0.5) is 8.78 Å². The van der Waals surface area contributed by atoms with E-state index in [1.807, 2.05) is 0 Å². The second-order valence-corrected chi connectivity index (χ2v) is 7.35. The van der Waals surface area contributed by atoms with Crippen LogP contribution in [0.25, 0.3) is 0 Å². The first kappa shape index (κ1) is 17.6. The maximum Gasteiger partial charge on any atom is 0.162 e. The van der Waals surface area contributed by atoms with E-state index in [0.717, 1.165) is 31.6 Å². The third kappa shape index (κ3) is 3.41. The van der Waals surface area contributed by atoms with Crippen LogP contribution in [0.1, 0.15) is 26.7 Å². The lowest BCUT2D eigenvalue weighted by Gasteiger charge is -2.60. The molecule has 0 radical (unpaired) electrons. The molecule has 2 N–H and O–H groups in total. The number of hydrogen-bond donors (Lipinski definition) is 2. The Balaban J connectivity index is 1.45. The fourth-order valence-corrected chi connectivity index (χ4v) is 4.02. The van der Waals surface area contributed by atoms with E-state index in [0.29, 0.717) is 24.6 Å². The molecule has 1 aromatic carbocycles. The van der Waals surface area contributed by atoms with Gasteiger partial charge in [-0.3, -0.25) is 0 Å². The molecular formula is C18H25F2NO3. The maximum atomic E-state index is 13.1. The fourth-order valence-electron chi connectivity index (χ4n) is 4.02. The molecule has 4 atom stereocenters. The molecule has 2 aliphatic rings. The van der Waals surface area contributed by atoms with Gasteiger partial charge in [0.2, 0.25) is 0 Å². The van der Waals surface area contributed by atoms with E-state index >= 15 is 0 Å². The lowest BCUT2D eigenvalue weighted by atomic mass is 9.55. The molecule has 0 bridgehead atoms. The molecule has 1 aliphatic carbocycles. The van der Waals surface area contributed by atoms with Crippen LogP contribution in [0.15, 0.2) is 18.2 Å². The average Bonchev–Trinajstić information content (AvgIpc) is 2.56. The highest BCUT2D eigenvalue weighted by Gasteiger charge is 2.57. The highest BCUT2D eigenvalue weighted by Crippen LogP contribution is 2.51. The number of ether oxygens (including phenoxy) is 2. The summed E-state index contributed by atoms with van der Waals surface area (Å²) in [5.74, 6) is -1.17. The number of aliphatic hydroxyl groups is 1. The topological polar surface area (TPSA) is 50.7 Å². The van der Waals surface area contributed by atoms with Gasteiger partial charge in [0, 0.05) is 36.6 Å². The summed E-state index contributed by atoms with van der Waals surface area (Å²) in [5.41, 5.74) is 0.0474. The SMILES string of the molecule is CC1(C)[C@H](NC[C@H](O)COc2ccc(F)c(F)c2)[C@H]2CCCO[C@H]21. The van der Waals surface area contributed by atoms with Crippen LogP contribution >= 0.6 is 0 Å². The molecule has 2 fully saturated rings. The van der Waals surface area contributed by atoms with Gasteiger partial charge < -0.3 is 19.9 Å². The highest BCUT2D eigenvalue weighted by atomic mass is 19.2. The van der Waals surface area contributed by atoms with Gasteiger partial charge in [-0.2, -0.15) is 0 Å². The Morgan fingerprint density at radius 2 is 2.17 bits per heavy atom. The Morgan fingerprint density at radius 3 is 2.92 bits per heavy atom. The van der Waals surface area contributed by atoms with Gasteiger partial charge in [0.15, 0.2) is 11.6 Å². The average molecular weight is 341 g/mol. The number of nitrogens with one attached hydrogen (secondary N) is 1. The maximum absolute atomic E-state index is 13.1. The first-order valence-corrected chi connectivity index (χ1v) is 8.50. The number of benzene rings is 1. The molecule has 24 heavy (non-hydrogen) atoms. The number of rotatable bonds is 6. The van der Waals surface area contributed by atoms with Gasteiger partial charge in [-0.1, -0.05) is 13.8 Å². The van der Waals surface area contributed by atoms with Crippen molar-refractivity contribution in [2.75, 3.05) is 19.8 Å². The number of fused-ring (bicyclic) bond motifs is 1. The minimum atomic E-state index is -0.959. The predicted octanol–water partition coefficient (Wildman–Crippen LogP) is 2.50. The zero-order valence-electron chi connectivity index (χ0n) is 14.1. The van der Waals surface area contributed by atoms with Crippen molar-refractivity contribution in [3.05, 3.63) is 29.8 Å². The molecule has 1 saturated carbocycles. The van der Waals surface area contributed by atoms with E-state index in [1.54, 1.807) is 0 Å². The van der Waals surface area contributed by atoms with Gasteiger partial charge in [0.25, 0.3) is 0 Å². The van der Waals surface area contributed by atoms with Gasteiger partial charge in [0.1, 0.15) is 18.5 Å². The van der Waals surface area contributed by atoms with E-state index in [-0.39, 0.29) is 17.8 Å². The monoisotopic (exact) mass is 341 g/mol. The quantitative estimate of drug-likeness (QED) is 0.835. The summed E-state index contributed by atoms with van der Waals surface area (Å²) in [4.78, 5) is 0. The van der Waals surface area contributed by atoms with Crippen molar-refractivity contribution in [3.63, 3.8) is 0 Å². The lowest BCUT2D eigenvalue weighted by molar-refractivity contribution is -0.193. The molecule has 1 saturated heterocycles. The van der Waals surface area contributed by atoms with Gasteiger partial charge in [-0.25, -0.2) is 8.78 Å². The normalized spacial score (nSPS) is 29.5. The number of hydrogen-bond acceptors (Lipinski definition) is 4. The van der Waals surface area contributed by atoms with Crippen LogP contribution < -0.4 is 10.1 Å². The first-order valence-electron chi connectivity index (χ1n) is 8.50. The minimum absolute atomic E-state index is 0.0236. The van der Waals surface area contributed by atoms with E-state index in [4.69, 9.17) is 9.47 Å². The van der Waals surface area contributed by atoms with Crippen LogP contribution in [0, 0.1) is 23.0 Å². The highest BCUT2D eigenvalue weighted by molar-refractivity contribution is 5.23. The Kier molecular flexibility index (Phi) is 5.08. The van der Waals surface area contributed by atoms with E-state index < -0.39 is 17.7 Å². The second kappa shape index (κ2) is 6.94. The zero-order chi connectivity index (χ0) is 17.3. The van der Waals surface area contributed by atoms with Crippen LogP contribution in [0.2, 0.25) is 0 Å². The summed E-state index contributed by atoms with van der Waals surface area (Å²) in [6.45, 7) is 5.61. The van der Waals surface area contributed by atoms with E-state index in [1.165, 1.54) is 6.07 Å². The van der Waals surface area contributed by atoms with Gasteiger partial charge in [0.05, 0.1) is 6.10 Å². The van der Waals surface area contributed by atoms with Crippen molar-refractivity contribution in [3.8, 4) is 5.75 Å². The van der Waals surface area contributed by atoms with E-state index in [2.05, 4.69) is 19.2 Å². The molecular weight excluding hydrogens is 316 g/mol. The minimum Gasteiger partial charge on any atom is -0.491 e. The van der Waals surface area contributed by atoms with Gasteiger partial charge in [-0.05, 0) is 25.0 Å². The van der Waals surface area contributed by atoms with Crippen molar-refractivity contribution < 1.29 is 23.4 Å². The molecule has 3 rings (SSSR count).